The minimum atomic E-state index is -4.80. The zero-order chi connectivity index (χ0) is 23.1. The minimum absolute atomic E-state index is 0.273. The van der Waals surface area contributed by atoms with Gasteiger partial charge in [-0.2, -0.15) is 8.75 Å². The van der Waals surface area contributed by atoms with Crippen molar-refractivity contribution < 1.29 is 27.4 Å². The maximum atomic E-state index is 13.3. The number of carbonyl (C=O) groups excluding carboxylic acids is 1. The van der Waals surface area contributed by atoms with Crippen LogP contribution in [-0.4, -0.2) is 32.6 Å². The van der Waals surface area contributed by atoms with E-state index in [0.29, 0.717) is 40.0 Å². The van der Waals surface area contributed by atoms with Crippen LogP contribution in [0.4, 0.5) is 13.2 Å². The first-order chi connectivity index (χ1) is 15.8. The number of carbonyl (C=O) groups is 1. The van der Waals surface area contributed by atoms with Crippen LogP contribution in [-0.2, 0) is 5.54 Å². The van der Waals surface area contributed by atoms with E-state index >= 15 is 0 Å². The summed E-state index contributed by atoms with van der Waals surface area (Å²) in [6.07, 6.45) is -2.91. The fourth-order valence-corrected chi connectivity index (χ4v) is 4.38. The molecule has 1 amide bonds. The van der Waals surface area contributed by atoms with Crippen molar-refractivity contribution in [2.75, 3.05) is 6.61 Å². The molecular formula is C22H15F3N4O3S. The number of nitrogens with zero attached hydrogens (tertiary/aromatic N) is 3. The third-order valence-electron chi connectivity index (χ3n) is 5.33. The number of alkyl halides is 3. The van der Waals surface area contributed by atoms with Crippen LogP contribution in [0.1, 0.15) is 28.0 Å². The highest BCUT2D eigenvalue weighted by Crippen LogP contribution is 2.41. The molecular weight excluding hydrogens is 457 g/mol. The molecule has 33 heavy (non-hydrogen) atoms. The van der Waals surface area contributed by atoms with E-state index in [0.717, 1.165) is 11.7 Å². The average molecular weight is 472 g/mol. The van der Waals surface area contributed by atoms with E-state index in [4.69, 9.17) is 4.74 Å². The van der Waals surface area contributed by atoms with Gasteiger partial charge in [-0.3, -0.25) is 9.78 Å². The van der Waals surface area contributed by atoms with Gasteiger partial charge in [-0.05, 0) is 48.0 Å². The number of halogens is 3. The van der Waals surface area contributed by atoms with Gasteiger partial charge in [0, 0.05) is 18.2 Å². The van der Waals surface area contributed by atoms with Crippen molar-refractivity contribution in [2.45, 2.75) is 18.3 Å². The molecule has 0 unspecified atom stereocenters. The summed E-state index contributed by atoms with van der Waals surface area (Å²) in [6, 6.07) is 13.8. The molecule has 1 aliphatic heterocycles. The van der Waals surface area contributed by atoms with E-state index < -0.39 is 11.9 Å². The Balaban J connectivity index is 1.56. The van der Waals surface area contributed by atoms with Crippen molar-refractivity contribution in [3.05, 3.63) is 77.6 Å². The van der Waals surface area contributed by atoms with Gasteiger partial charge in [-0.15, -0.1) is 13.2 Å². The molecule has 0 bridgehead atoms. The third-order valence-corrected chi connectivity index (χ3v) is 5.89. The Hall–Kier alpha value is -3.73. The summed E-state index contributed by atoms with van der Waals surface area (Å²) in [5, 5.41) is 3.06. The number of nitrogens with one attached hydrogen (secondary N) is 1. The summed E-state index contributed by atoms with van der Waals surface area (Å²) in [7, 11) is 0. The fraction of sp³-hybridized carbons (Fsp3) is 0.182. The van der Waals surface area contributed by atoms with Crippen LogP contribution in [0, 0.1) is 0 Å². The third kappa shape index (κ3) is 4.07. The molecule has 0 saturated carbocycles. The lowest BCUT2D eigenvalue weighted by Gasteiger charge is -2.39. The van der Waals surface area contributed by atoms with Gasteiger partial charge >= 0.3 is 6.36 Å². The number of amides is 1. The first-order valence-electron chi connectivity index (χ1n) is 9.83. The van der Waals surface area contributed by atoms with E-state index in [1.165, 1.54) is 24.3 Å². The predicted octanol–water partition coefficient (Wildman–Crippen LogP) is 4.44. The Kier molecular flexibility index (Phi) is 5.12. The lowest BCUT2D eigenvalue weighted by molar-refractivity contribution is -0.274. The summed E-state index contributed by atoms with van der Waals surface area (Å²) in [4.78, 5) is 17.8. The number of hydrogen-bond acceptors (Lipinski definition) is 7. The van der Waals surface area contributed by atoms with Gasteiger partial charge in [0.2, 0.25) is 0 Å². The van der Waals surface area contributed by atoms with Crippen molar-refractivity contribution in [2.24, 2.45) is 0 Å². The summed E-state index contributed by atoms with van der Waals surface area (Å²) >= 11 is 1.05. The number of pyridine rings is 1. The Morgan fingerprint density at radius 3 is 2.67 bits per heavy atom. The number of rotatable bonds is 4. The predicted molar refractivity (Wildman–Crippen MR) is 113 cm³/mol. The van der Waals surface area contributed by atoms with Gasteiger partial charge in [-0.1, -0.05) is 12.1 Å². The fourth-order valence-electron chi connectivity index (χ4n) is 3.87. The molecule has 1 aliphatic rings. The van der Waals surface area contributed by atoms with Crippen LogP contribution in [0.3, 0.4) is 0 Å². The molecule has 3 heterocycles. The molecule has 2 aromatic heterocycles. The molecule has 5 rings (SSSR count). The number of hydrogen-bond donors (Lipinski definition) is 1. The molecule has 2 aromatic carbocycles. The molecule has 0 radical (unpaired) electrons. The highest BCUT2D eigenvalue weighted by atomic mass is 32.1. The van der Waals surface area contributed by atoms with Crippen molar-refractivity contribution in [1.82, 2.24) is 19.0 Å². The van der Waals surface area contributed by atoms with Gasteiger partial charge in [0.1, 0.15) is 33.8 Å². The highest BCUT2D eigenvalue weighted by molar-refractivity contribution is 7.00. The van der Waals surface area contributed by atoms with E-state index in [1.54, 1.807) is 36.5 Å². The standard InChI is InChI=1S/C22H15F3N4O3S/c23-22(24,25)32-15-6-4-14(5-7-15)21(9-11-31-18-2-1-10-26-19(18)21)27-20(30)13-3-8-16-17(12-13)29-33-28-16/h1-8,10,12H,9,11H2,(H,27,30)/t21-/m0/s1. The Bertz CT molecular complexity index is 1330. The van der Waals surface area contributed by atoms with Crippen LogP contribution in [0.5, 0.6) is 11.5 Å². The molecule has 11 heteroatoms. The minimum Gasteiger partial charge on any atom is -0.491 e. The van der Waals surface area contributed by atoms with Crippen molar-refractivity contribution >= 4 is 28.7 Å². The number of fused-ring (bicyclic) bond motifs is 2. The highest BCUT2D eigenvalue weighted by Gasteiger charge is 2.43. The van der Waals surface area contributed by atoms with Crippen LogP contribution < -0.4 is 14.8 Å². The molecule has 1 atom stereocenters. The van der Waals surface area contributed by atoms with Crippen LogP contribution in [0.25, 0.3) is 11.0 Å². The molecule has 0 saturated heterocycles. The Morgan fingerprint density at radius 2 is 1.88 bits per heavy atom. The maximum absolute atomic E-state index is 13.3. The van der Waals surface area contributed by atoms with E-state index in [-0.39, 0.29) is 18.3 Å². The SMILES string of the molecule is O=C(N[C@]1(c2ccc(OC(F)(F)F)cc2)CCOc2cccnc21)c1ccc2nsnc2c1. The summed E-state index contributed by atoms with van der Waals surface area (Å²) < 4.78 is 55.8. The Morgan fingerprint density at radius 1 is 1.09 bits per heavy atom. The Labute approximate surface area is 189 Å². The van der Waals surface area contributed by atoms with Gasteiger partial charge < -0.3 is 14.8 Å². The smallest absolute Gasteiger partial charge is 0.491 e. The molecule has 0 fully saturated rings. The zero-order valence-corrected chi connectivity index (χ0v) is 17.6. The van der Waals surface area contributed by atoms with Crippen LogP contribution in [0.2, 0.25) is 0 Å². The average Bonchev–Trinajstić information content (AvgIpc) is 3.27. The van der Waals surface area contributed by atoms with E-state index in [9.17, 15) is 18.0 Å². The molecule has 4 aromatic rings. The van der Waals surface area contributed by atoms with Crippen LogP contribution in [0.15, 0.2) is 60.8 Å². The maximum Gasteiger partial charge on any atom is 0.573 e. The van der Waals surface area contributed by atoms with E-state index in [1.807, 2.05) is 0 Å². The second kappa shape index (κ2) is 8.00. The van der Waals surface area contributed by atoms with Gasteiger partial charge in [0.05, 0.1) is 18.3 Å². The van der Waals surface area contributed by atoms with Gasteiger partial charge in [0.15, 0.2) is 0 Å². The first-order valence-corrected chi connectivity index (χ1v) is 10.6. The normalized spacial score (nSPS) is 17.8. The summed E-state index contributed by atoms with van der Waals surface area (Å²) in [6.45, 7) is 0.273. The molecule has 0 spiro atoms. The largest absolute Gasteiger partial charge is 0.573 e. The quantitative estimate of drug-likeness (QED) is 0.473. The lowest BCUT2D eigenvalue weighted by Crippen LogP contribution is -2.50. The molecule has 168 valence electrons. The topological polar surface area (TPSA) is 86.2 Å². The molecule has 0 aliphatic carbocycles. The zero-order valence-electron chi connectivity index (χ0n) is 16.8. The first kappa shape index (κ1) is 21.1. The lowest BCUT2D eigenvalue weighted by atomic mass is 9.81. The monoisotopic (exact) mass is 472 g/mol. The number of aromatic nitrogens is 3. The molecule has 1 N–H and O–H groups in total. The second-order valence-electron chi connectivity index (χ2n) is 7.35. The van der Waals surface area contributed by atoms with Crippen molar-refractivity contribution in [3.8, 4) is 11.5 Å². The molecule has 7 nitrogen and oxygen atoms in total. The second-order valence-corrected chi connectivity index (χ2v) is 7.88. The van der Waals surface area contributed by atoms with Crippen molar-refractivity contribution in [3.63, 3.8) is 0 Å². The van der Waals surface area contributed by atoms with Gasteiger partial charge in [-0.25, -0.2) is 0 Å². The van der Waals surface area contributed by atoms with Crippen LogP contribution >= 0.6 is 11.7 Å². The number of ether oxygens (including phenoxy) is 2. The van der Waals surface area contributed by atoms with Crippen molar-refractivity contribution in [1.29, 1.82) is 0 Å². The summed E-state index contributed by atoms with van der Waals surface area (Å²) in [5.74, 6) is -0.264. The summed E-state index contributed by atoms with van der Waals surface area (Å²) in [5.41, 5.74) is 1.54. The van der Waals surface area contributed by atoms with Gasteiger partial charge in [0.25, 0.3) is 5.91 Å². The van der Waals surface area contributed by atoms with E-state index in [2.05, 4.69) is 23.8 Å². The number of benzene rings is 2.